The molecule has 120 valence electrons. The van der Waals surface area contributed by atoms with Gasteiger partial charge in [-0.25, -0.2) is 4.98 Å². The van der Waals surface area contributed by atoms with E-state index in [9.17, 15) is 9.90 Å². The molecule has 0 unspecified atom stereocenters. The third kappa shape index (κ3) is 3.85. The lowest BCUT2D eigenvalue weighted by atomic mass is 9.77. The van der Waals surface area contributed by atoms with Crippen LogP contribution in [-0.4, -0.2) is 40.7 Å². The molecule has 1 aromatic rings. The number of rotatable bonds is 7. The van der Waals surface area contributed by atoms with Crippen LogP contribution in [0.2, 0.25) is 0 Å². The normalized spacial score (nSPS) is 22.2. The molecule has 0 aromatic carbocycles. The molecule has 2 heterocycles. The van der Waals surface area contributed by atoms with Gasteiger partial charge < -0.3 is 9.84 Å². The summed E-state index contributed by atoms with van der Waals surface area (Å²) in [5, 5.41) is 9.60. The summed E-state index contributed by atoms with van der Waals surface area (Å²) >= 11 is 0. The van der Waals surface area contributed by atoms with Crippen LogP contribution in [0.3, 0.4) is 0 Å². The monoisotopic (exact) mass is 304 g/mol. The number of nitrogens with zero attached hydrogens (tertiary/aromatic N) is 2. The summed E-state index contributed by atoms with van der Waals surface area (Å²) in [6.07, 6.45) is 5.64. The predicted molar refractivity (Wildman–Crippen MR) is 84.8 cm³/mol. The van der Waals surface area contributed by atoms with Crippen molar-refractivity contribution in [2.24, 2.45) is 5.41 Å². The van der Waals surface area contributed by atoms with Crippen LogP contribution in [0.1, 0.15) is 31.7 Å². The molecule has 22 heavy (non-hydrogen) atoms. The topological polar surface area (TPSA) is 62.7 Å². The van der Waals surface area contributed by atoms with Crippen LogP contribution in [0.15, 0.2) is 31.0 Å². The van der Waals surface area contributed by atoms with Crippen LogP contribution in [0, 0.1) is 5.41 Å². The summed E-state index contributed by atoms with van der Waals surface area (Å²) in [6.45, 7) is 8.42. The number of ether oxygens (including phenoxy) is 1. The first-order valence-electron chi connectivity index (χ1n) is 7.74. The lowest BCUT2D eigenvalue weighted by molar-refractivity contribution is -0.152. The van der Waals surface area contributed by atoms with Crippen LogP contribution >= 0.6 is 0 Å². The van der Waals surface area contributed by atoms with Crippen molar-refractivity contribution >= 4 is 5.97 Å². The Hall–Kier alpha value is -1.88. The van der Waals surface area contributed by atoms with Gasteiger partial charge >= 0.3 is 5.97 Å². The van der Waals surface area contributed by atoms with Gasteiger partial charge in [-0.2, -0.15) is 0 Å². The highest BCUT2D eigenvalue weighted by Crippen LogP contribution is 2.34. The van der Waals surface area contributed by atoms with E-state index in [1.165, 1.54) is 0 Å². The maximum atomic E-state index is 11.7. The first-order chi connectivity index (χ1) is 10.6. The summed E-state index contributed by atoms with van der Waals surface area (Å²) in [7, 11) is 0. The Morgan fingerprint density at radius 3 is 3.00 bits per heavy atom. The summed E-state index contributed by atoms with van der Waals surface area (Å²) in [5.74, 6) is -0.0987. The van der Waals surface area contributed by atoms with E-state index in [2.05, 4.69) is 16.5 Å². The van der Waals surface area contributed by atoms with Gasteiger partial charge in [-0.05, 0) is 38.3 Å². The van der Waals surface area contributed by atoms with Gasteiger partial charge in [0.2, 0.25) is 5.88 Å². The van der Waals surface area contributed by atoms with Crippen LogP contribution in [0.5, 0.6) is 5.88 Å². The van der Waals surface area contributed by atoms with Crippen molar-refractivity contribution in [3.05, 3.63) is 36.5 Å². The highest BCUT2D eigenvalue weighted by molar-refractivity contribution is 5.75. The van der Waals surface area contributed by atoms with Crippen LogP contribution in [0.4, 0.5) is 0 Å². The minimum atomic E-state index is -0.720. The third-order valence-corrected chi connectivity index (χ3v) is 4.14. The third-order valence-electron chi connectivity index (χ3n) is 4.14. The molecule has 0 bridgehead atoms. The molecule has 5 nitrogen and oxygen atoms in total. The largest absolute Gasteiger partial charge is 0.481 e. The van der Waals surface area contributed by atoms with E-state index >= 15 is 0 Å². The summed E-state index contributed by atoms with van der Waals surface area (Å²) in [4.78, 5) is 18.1. The molecule has 1 saturated heterocycles. The summed E-state index contributed by atoms with van der Waals surface area (Å²) in [5.41, 5.74) is 0.377. The smallest absolute Gasteiger partial charge is 0.311 e. The molecule has 0 aliphatic carbocycles. The Kier molecular flexibility index (Phi) is 5.55. The average Bonchev–Trinajstić information content (AvgIpc) is 2.50. The molecule has 2 rings (SSSR count). The Bertz CT molecular complexity index is 515. The lowest BCUT2D eigenvalue weighted by Gasteiger charge is -2.39. The first-order valence-corrected chi connectivity index (χ1v) is 7.74. The Balaban J connectivity index is 2.03. The second-order valence-corrected chi connectivity index (χ2v) is 5.83. The molecule has 0 amide bonds. The molecule has 1 fully saturated rings. The number of pyridine rings is 1. The standard InChI is InChI=1S/C17H24N2O3/c1-3-8-17(16(20)21)9-5-10-19(13-17)12-14-6-7-15(18-11-14)22-4-2/h3,6-7,11H,1,4-5,8-10,12-13H2,2H3,(H,20,21)/t17-/m0/s1. The second kappa shape index (κ2) is 7.40. The van der Waals surface area contributed by atoms with Gasteiger partial charge in [0.25, 0.3) is 0 Å². The van der Waals surface area contributed by atoms with E-state index in [1.807, 2.05) is 19.1 Å². The molecule has 1 aliphatic rings. The van der Waals surface area contributed by atoms with E-state index in [4.69, 9.17) is 4.74 Å². The molecule has 0 spiro atoms. The summed E-state index contributed by atoms with van der Waals surface area (Å²) in [6, 6.07) is 3.85. The Morgan fingerprint density at radius 2 is 2.41 bits per heavy atom. The van der Waals surface area contributed by atoms with Crippen LogP contribution < -0.4 is 4.74 Å². The fourth-order valence-corrected chi connectivity index (χ4v) is 3.06. The number of carbonyl (C=O) groups is 1. The predicted octanol–water partition coefficient (Wildman–Crippen LogP) is 2.72. The van der Waals surface area contributed by atoms with Crippen LogP contribution in [-0.2, 0) is 11.3 Å². The van der Waals surface area contributed by atoms with Gasteiger partial charge in [-0.1, -0.05) is 12.1 Å². The molecule has 1 aromatic heterocycles. The number of hydrogen-bond acceptors (Lipinski definition) is 4. The maximum Gasteiger partial charge on any atom is 0.311 e. The zero-order valence-corrected chi connectivity index (χ0v) is 13.1. The number of likely N-dealkylation sites (tertiary alicyclic amines) is 1. The molecule has 0 radical (unpaired) electrons. The number of carboxylic acid groups (broad SMARTS) is 1. The highest BCUT2D eigenvalue weighted by atomic mass is 16.5. The Morgan fingerprint density at radius 1 is 1.59 bits per heavy atom. The highest BCUT2D eigenvalue weighted by Gasteiger charge is 2.41. The van der Waals surface area contributed by atoms with Crippen molar-refractivity contribution in [2.45, 2.75) is 32.7 Å². The van der Waals surface area contributed by atoms with E-state index in [0.29, 0.717) is 38.4 Å². The van der Waals surface area contributed by atoms with Crippen molar-refractivity contribution in [2.75, 3.05) is 19.7 Å². The van der Waals surface area contributed by atoms with Gasteiger partial charge in [-0.15, -0.1) is 6.58 Å². The lowest BCUT2D eigenvalue weighted by Crippen LogP contribution is -2.47. The van der Waals surface area contributed by atoms with E-state index < -0.39 is 11.4 Å². The quantitative estimate of drug-likeness (QED) is 0.785. The van der Waals surface area contributed by atoms with E-state index in [-0.39, 0.29) is 0 Å². The number of carboxylic acids is 1. The molecule has 0 saturated carbocycles. The minimum absolute atomic E-state index is 0.514. The number of aliphatic carboxylic acids is 1. The fraction of sp³-hybridized carbons (Fsp3) is 0.529. The van der Waals surface area contributed by atoms with Crippen molar-refractivity contribution in [1.82, 2.24) is 9.88 Å². The van der Waals surface area contributed by atoms with Gasteiger partial charge in [0.05, 0.1) is 12.0 Å². The average molecular weight is 304 g/mol. The van der Waals surface area contributed by atoms with Crippen molar-refractivity contribution in [3.8, 4) is 5.88 Å². The van der Waals surface area contributed by atoms with Crippen molar-refractivity contribution in [1.29, 1.82) is 0 Å². The molecular formula is C17H24N2O3. The second-order valence-electron chi connectivity index (χ2n) is 5.83. The number of allylic oxidation sites excluding steroid dienone is 1. The SMILES string of the molecule is C=CC[C@]1(C(=O)O)CCCN(Cc2ccc(OCC)nc2)C1. The Labute approximate surface area is 131 Å². The maximum absolute atomic E-state index is 11.7. The number of hydrogen-bond donors (Lipinski definition) is 1. The number of piperidine rings is 1. The molecule has 5 heteroatoms. The van der Waals surface area contributed by atoms with Gasteiger partial charge in [0.15, 0.2) is 0 Å². The summed E-state index contributed by atoms with van der Waals surface area (Å²) < 4.78 is 5.33. The fourth-order valence-electron chi connectivity index (χ4n) is 3.06. The zero-order valence-electron chi connectivity index (χ0n) is 13.1. The van der Waals surface area contributed by atoms with E-state index in [1.54, 1.807) is 12.3 Å². The minimum Gasteiger partial charge on any atom is -0.481 e. The zero-order chi connectivity index (χ0) is 16.0. The van der Waals surface area contributed by atoms with Gasteiger partial charge in [-0.3, -0.25) is 9.69 Å². The molecule has 1 N–H and O–H groups in total. The number of aromatic nitrogens is 1. The molecular weight excluding hydrogens is 280 g/mol. The van der Waals surface area contributed by atoms with E-state index in [0.717, 1.165) is 18.5 Å². The van der Waals surface area contributed by atoms with Crippen molar-refractivity contribution < 1.29 is 14.6 Å². The van der Waals surface area contributed by atoms with Gasteiger partial charge in [0.1, 0.15) is 0 Å². The molecule has 1 atom stereocenters. The van der Waals surface area contributed by atoms with Crippen molar-refractivity contribution in [3.63, 3.8) is 0 Å². The molecule has 1 aliphatic heterocycles. The first kappa shape index (κ1) is 16.5. The van der Waals surface area contributed by atoms with Crippen LogP contribution in [0.25, 0.3) is 0 Å². The van der Waals surface area contributed by atoms with Gasteiger partial charge in [0, 0.05) is 25.4 Å².